The molecule has 3 aromatic heterocycles. The molecule has 0 aromatic carbocycles. The van der Waals surface area contributed by atoms with E-state index in [1.54, 1.807) is 18.7 Å². The Bertz CT molecular complexity index is 1170. The summed E-state index contributed by atoms with van der Waals surface area (Å²) in [6.45, 7) is 8.51. The normalized spacial score (nSPS) is 15.6. The van der Waals surface area contributed by atoms with E-state index in [-0.39, 0.29) is 17.4 Å². The maximum absolute atomic E-state index is 12.2. The van der Waals surface area contributed by atoms with Crippen LogP contribution in [0.3, 0.4) is 0 Å². The Labute approximate surface area is 188 Å². The predicted molar refractivity (Wildman–Crippen MR) is 128 cm³/mol. The van der Waals surface area contributed by atoms with E-state index in [0.717, 1.165) is 59.5 Å². The molecule has 0 unspecified atom stereocenters. The van der Waals surface area contributed by atoms with Gasteiger partial charge in [0.25, 0.3) is 5.56 Å². The molecule has 1 saturated heterocycles. The van der Waals surface area contributed by atoms with Crippen molar-refractivity contribution in [3.05, 3.63) is 51.6 Å². The molecule has 7 nitrogen and oxygen atoms in total. The molecule has 1 fully saturated rings. The van der Waals surface area contributed by atoms with Gasteiger partial charge in [-0.05, 0) is 57.0 Å². The summed E-state index contributed by atoms with van der Waals surface area (Å²) < 4.78 is 1.64. The summed E-state index contributed by atoms with van der Waals surface area (Å²) in [4.78, 5) is 34.8. The molecule has 0 spiro atoms. The van der Waals surface area contributed by atoms with E-state index in [4.69, 9.17) is 4.98 Å². The van der Waals surface area contributed by atoms with Crippen molar-refractivity contribution >= 4 is 16.9 Å². The average molecular weight is 436 g/mol. The Morgan fingerprint density at radius 3 is 2.62 bits per heavy atom. The smallest absolute Gasteiger partial charge is 0.253 e. The minimum atomic E-state index is 0.0270. The van der Waals surface area contributed by atoms with Gasteiger partial charge in [-0.25, -0.2) is 0 Å². The SMILES string of the molecule is CNC(=O)CN1CCC(c2ccc3[nH]c(-c4cc(C)c(=O)n(C)c4)c(C(C)C)c3n2)CC1. The number of hydrogen-bond donors (Lipinski definition) is 2. The molecule has 2 N–H and O–H groups in total. The van der Waals surface area contributed by atoms with Gasteiger partial charge in [0.2, 0.25) is 5.91 Å². The molecule has 0 saturated carbocycles. The van der Waals surface area contributed by atoms with Crippen LogP contribution in [0.25, 0.3) is 22.3 Å². The molecule has 4 rings (SSSR count). The van der Waals surface area contributed by atoms with Gasteiger partial charge in [-0.3, -0.25) is 19.5 Å². The van der Waals surface area contributed by atoms with E-state index in [2.05, 4.69) is 41.2 Å². The maximum Gasteiger partial charge on any atom is 0.253 e. The molecule has 1 aliphatic heterocycles. The summed E-state index contributed by atoms with van der Waals surface area (Å²) >= 11 is 0. The molecular formula is C25H33N5O2. The van der Waals surface area contributed by atoms with Gasteiger partial charge in [0.1, 0.15) is 0 Å². The number of carbonyl (C=O) groups excluding carboxylic acids is 1. The van der Waals surface area contributed by atoms with Crippen molar-refractivity contribution in [1.82, 2.24) is 24.8 Å². The number of nitrogens with zero attached hydrogens (tertiary/aromatic N) is 3. The number of piperidine rings is 1. The largest absolute Gasteiger partial charge is 0.358 e. The maximum atomic E-state index is 12.2. The van der Waals surface area contributed by atoms with Crippen LogP contribution in [-0.2, 0) is 11.8 Å². The van der Waals surface area contributed by atoms with Gasteiger partial charge in [0.15, 0.2) is 0 Å². The standard InChI is InChI=1S/C25H33N5O2/c1-15(2)22-23(18-12-16(3)25(32)29(5)13-18)28-20-7-6-19(27-24(20)22)17-8-10-30(11-9-17)14-21(31)26-4/h6-7,12-13,15,17,28H,8-11,14H2,1-5H3,(H,26,31). The van der Waals surface area contributed by atoms with E-state index >= 15 is 0 Å². The molecule has 0 aliphatic carbocycles. The fraction of sp³-hybridized carbons (Fsp3) is 0.480. The molecule has 4 heterocycles. The van der Waals surface area contributed by atoms with Crippen LogP contribution in [0.4, 0.5) is 0 Å². The summed E-state index contributed by atoms with van der Waals surface area (Å²) in [7, 11) is 3.48. The predicted octanol–water partition coefficient (Wildman–Crippen LogP) is 3.29. The zero-order valence-electron chi connectivity index (χ0n) is 19.7. The number of H-pyrrole nitrogens is 1. The number of rotatable bonds is 5. The number of likely N-dealkylation sites (tertiary alicyclic amines) is 1. The number of hydrogen-bond acceptors (Lipinski definition) is 4. The molecule has 7 heteroatoms. The summed E-state index contributed by atoms with van der Waals surface area (Å²) in [5.74, 6) is 0.755. The van der Waals surface area contributed by atoms with Crippen LogP contribution < -0.4 is 10.9 Å². The Morgan fingerprint density at radius 1 is 1.28 bits per heavy atom. The highest BCUT2D eigenvalue weighted by Gasteiger charge is 2.24. The van der Waals surface area contributed by atoms with Gasteiger partial charge in [-0.15, -0.1) is 0 Å². The molecule has 1 amide bonds. The van der Waals surface area contributed by atoms with Gasteiger partial charge in [0, 0.05) is 48.6 Å². The monoisotopic (exact) mass is 435 g/mol. The third kappa shape index (κ3) is 4.21. The first-order valence-corrected chi connectivity index (χ1v) is 11.4. The Balaban J connectivity index is 1.67. The number of likely N-dealkylation sites (N-methyl/N-ethyl adjacent to an activating group) is 1. The first-order valence-electron chi connectivity index (χ1n) is 11.4. The Morgan fingerprint density at radius 2 is 2.00 bits per heavy atom. The van der Waals surface area contributed by atoms with E-state index < -0.39 is 0 Å². The van der Waals surface area contributed by atoms with Gasteiger partial charge in [-0.1, -0.05) is 13.8 Å². The molecule has 0 radical (unpaired) electrons. The lowest BCUT2D eigenvalue weighted by Crippen LogP contribution is -2.40. The van der Waals surface area contributed by atoms with E-state index in [1.807, 2.05) is 19.2 Å². The van der Waals surface area contributed by atoms with Crippen LogP contribution in [0.1, 0.15) is 55.3 Å². The molecule has 3 aromatic rings. The lowest BCUT2D eigenvalue weighted by atomic mass is 9.92. The summed E-state index contributed by atoms with van der Waals surface area (Å²) in [6, 6.07) is 6.23. The number of aromatic amines is 1. The van der Waals surface area contributed by atoms with Crippen LogP contribution in [0, 0.1) is 6.92 Å². The highest BCUT2D eigenvalue weighted by Crippen LogP contribution is 2.36. The first kappa shape index (κ1) is 22.3. The van der Waals surface area contributed by atoms with Gasteiger partial charge in [-0.2, -0.15) is 0 Å². The van der Waals surface area contributed by atoms with Crippen molar-refractivity contribution in [2.24, 2.45) is 7.05 Å². The third-order valence-corrected chi connectivity index (χ3v) is 6.58. The fourth-order valence-electron chi connectivity index (χ4n) is 4.80. The Kier molecular flexibility index (Phi) is 6.20. The van der Waals surface area contributed by atoms with Crippen molar-refractivity contribution in [3.8, 4) is 11.3 Å². The van der Waals surface area contributed by atoms with Crippen molar-refractivity contribution < 1.29 is 4.79 Å². The van der Waals surface area contributed by atoms with Crippen LogP contribution >= 0.6 is 0 Å². The van der Waals surface area contributed by atoms with Crippen LogP contribution in [0.5, 0.6) is 0 Å². The minimum Gasteiger partial charge on any atom is -0.358 e. The molecule has 32 heavy (non-hydrogen) atoms. The average Bonchev–Trinajstić information content (AvgIpc) is 3.16. The number of fused-ring (bicyclic) bond motifs is 1. The van der Waals surface area contributed by atoms with Crippen LogP contribution in [0.15, 0.2) is 29.2 Å². The zero-order valence-corrected chi connectivity index (χ0v) is 19.7. The lowest BCUT2D eigenvalue weighted by molar-refractivity contribution is -0.122. The summed E-state index contributed by atoms with van der Waals surface area (Å²) in [5, 5.41) is 2.70. The van der Waals surface area contributed by atoms with Gasteiger partial charge in [0.05, 0.1) is 23.3 Å². The molecular weight excluding hydrogens is 402 g/mol. The van der Waals surface area contributed by atoms with Gasteiger partial charge >= 0.3 is 0 Å². The number of carbonyl (C=O) groups is 1. The van der Waals surface area contributed by atoms with Crippen molar-refractivity contribution in [2.45, 2.75) is 45.4 Å². The van der Waals surface area contributed by atoms with Crippen molar-refractivity contribution in [3.63, 3.8) is 0 Å². The molecule has 1 aliphatic rings. The van der Waals surface area contributed by atoms with E-state index in [9.17, 15) is 9.59 Å². The second-order valence-electron chi connectivity index (χ2n) is 9.25. The second kappa shape index (κ2) is 8.90. The first-order chi connectivity index (χ1) is 15.3. The van der Waals surface area contributed by atoms with Crippen LogP contribution in [-0.4, -0.2) is 52.0 Å². The van der Waals surface area contributed by atoms with Crippen LogP contribution in [0.2, 0.25) is 0 Å². The van der Waals surface area contributed by atoms with Gasteiger partial charge < -0.3 is 14.9 Å². The topological polar surface area (TPSA) is 83.0 Å². The third-order valence-electron chi connectivity index (χ3n) is 6.58. The number of nitrogens with one attached hydrogen (secondary N) is 2. The lowest BCUT2D eigenvalue weighted by Gasteiger charge is -2.31. The highest BCUT2D eigenvalue weighted by molar-refractivity contribution is 5.88. The van der Waals surface area contributed by atoms with E-state index in [1.165, 1.54) is 5.56 Å². The fourth-order valence-corrected chi connectivity index (χ4v) is 4.80. The second-order valence-corrected chi connectivity index (χ2v) is 9.25. The number of aromatic nitrogens is 3. The molecule has 170 valence electrons. The highest BCUT2D eigenvalue weighted by atomic mass is 16.2. The summed E-state index contributed by atoms with van der Waals surface area (Å²) in [6.07, 6.45) is 3.91. The van der Waals surface area contributed by atoms with Crippen molar-refractivity contribution in [2.75, 3.05) is 26.7 Å². The Hall–Kier alpha value is -2.93. The number of amides is 1. The zero-order chi connectivity index (χ0) is 23.0. The number of pyridine rings is 2. The molecule has 0 atom stereocenters. The van der Waals surface area contributed by atoms with Crippen molar-refractivity contribution in [1.29, 1.82) is 0 Å². The minimum absolute atomic E-state index is 0.0270. The quantitative estimate of drug-likeness (QED) is 0.644. The molecule has 0 bridgehead atoms. The van der Waals surface area contributed by atoms with E-state index in [0.29, 0.717) is 12.5 Å². The summed E-state index contributed by atoms with van der Waals surface area (Å²) in [5.41, 5.74) is 7.17. The number of aryl methyl sites for hydroxylation is 2.